The first kappa shape index (κ1) is 21.7. The Morgan fingerprint density at radius 2 is 1.79 bits per heavy atom. The Hall–Kier alpha value is -2.64. The number of carbonyl (C=O) groups excluding carboxylic acids is 1. The van der Waals surface area contributed by atoms with Gasteiger partial charge in [-0.15, -0.1) is 0 Å². The first-order valence-electron chi connectivity index (χ1n) is 8.93. The molecule has 0 saturated heterocycles. The van der Waals surface area contributed by atoms with Crippen molar-refractivity contribution >= 4 is 22.0 Å². The molecule has 0 aliphatic rings. The molecule has 0 fully saturated rings. The van der Waals surface area contributed by atoms with E-state index < -0.39 is 10.0 Å². The van der Waals surface area contributed by atoms with Crippen molar-refractivity contribution < 1.29 is 17.9 Å². The number of hydrogen-bond acceptors (Lipinski definition) is 4. The lowest BCUT2D eigenvalue weighted by Gasteiger charge is -2.15. The molecule has 1 N–H and O–H groups in total. The maximum atomic E-state index is 12.4. The summed E-state index contributed by atoms with van der Waals surface area (Å²) in [6, 6.07) is 12.9. The Kier molecular flexibility index (Phi) is 7.37. The topological polar surface area (TPSA) is 75.7 Å². The summed E-state index contributed by atoms with van der Waals surface area (Å²) in [5, 5.41) is 0. The van der Waals surface area contributed by atoms with E-state index in [0.717, 1.165) is 12.0 Å². The zero-order valence-electron chi connectivity index (χ0n) is 16.6. The van der Waals surface area contributed by atoms with Crippen LogP contribution in [0.3, 0.4) is 0 Å². The van der Waals surface area contributed by atoms with E-state index in [2.05, 4.69) is 23.8 Å². The van der Waals surface area contributed by atoms with E-state index in [-0.39, 0.29) is 16.6 Å². The van der Waals surface area contributed by atoms with Crippen LogP contribution in [0, 0.1) is 0 Å². The Morgan fingerprint density at radius 1 is 1.14 bits per heavy atom. The number of rotatable bonds is 8. The molecule has 0 radical (unpaired) electrons. The minimum absolute atomic E-state index is 0.0245. The van der Waals surface area contributed by atoms with E-state index >= 15 is 0 Å². The molecular formula is C21H26N2O4S. The lowest BCUT2D eigenvalue weighted by molar-refractivity contribution is -0.125. The van der Waals surface area contributed by atoms with E-state index in [9.17, 15) is 13.2 Å². The fourth-order valence-electron chi connectivity index (χ4n) is 2.64. The second-order valence-electron chi connectivity index (χ2n) is 6.32. The molecule has 2 aromatic carbocycles. The fourth-order valence-corrected chi connectivity index (χ4v) is 3.57. The third-order valence-corrected chi connectivity index (χ3v) is 5.83. The minimum atomic E-state index is -3.67. The van der Waals surface area contributed by atoms with Gasteiger partial charge in [-0.3, -0.25) is 4.79 Å². The van der Waals surface area contributed by atoms with Crippen molar-refractivity contribution in [3.63, 3.8) is 0 Å². The maximum Gasteiger partial charge on any atom is 0.246 e. The SMILES string of the molecule is CCc1ccc(CN(C)C(=O)/C=C/c2ccc(OC)c(S(=O)(=O)NC)c2)cc1. The molecule has 2 rings (SSSR count). The van der Waals surface area contributed by atoms with Crippen molar-refractivity contribution in [2.24, 2.45) is 0 Å². The molecule has 28 heavy (non-hydrogen) atoms. The zero-order chi connectivity index (χ0) is 20.7. The van der Waals surface area contributed by atoms with Crippen LogP contribution in [0.1, 0.15) is 23.6 Å². The van der Waals surface area contributed by atoms with Crippen LogP contribution in [0.2, 0.25) is 0 Å². The van der Waals surface area contributed by atoms with Crippen molar-refractivity contribution in [1.29, 1.82) is 0 Å². The van der Waals surface area contributed by atoms with Gasteiger partial charge in [0.15, 0.2) is 0 Å². The number of carbonyl (C=O) groups is 1. The van der Waals surface area contributed by atoms with Crippen molar-refractivity contribution in [3.8, 4) is 5.75 Å². The number of nitrogens with one attached hydrogen (secondary N) is 1. The largest absolute Gasteiger partial charge is 0.495 e. The number of likely N-dealkylation sites (N-methyl/N-ethyl adjacent to an activating group) is 1. The van der Waals surface area contributed by atoms with Crippen LogP contribution in [-0.4, -0.2) is 40.4 Å². The molecule has 0 atom stereocenters. The van der Waals surface area contributed by atoms with Gasteiger partial charge in [-0.2, -0.15) is 0 Å². The molecule has 0 spiro atoms. The Labute approximate surface area is 166 Å². The number of aryl methyl sites for hydroxylation is 1. The van der Waals surface area contributed by atoms with Gasteiger partial charge in [0, 0.05) is 19.7 Å². The molecule has 0 unspecified atom stereocenters. The fraction of sp³-hybridized carbons (Fsp3) is 0.286. The molecule has 7 heteroatoms. The molecule has 0 heterocycles. The predicted octanol–water partition coefficient (Wildman–Crippen LogP) is 2.84. The maximum absolute atomic E-state index is 12.4. The lowest BCUT2D eigenvalue weighted by atomic mass is 10.1. The number of nitrogens with zero attached hydrogens (tertiary/aromatic N) is 1. The van der Waals surface area contributed by atoms with Crippen LogP contribution in [0.5, 0.6) is 5.75 Å². The van der Waals surface area contributed by atoms with Crippen molar-refractivity contribution in [2.75, 3.05) is 21.2 Å². The van der Waals surface area contributed by atoms with Crippen LogP contribution in [-0.2, 0) is 27.8 Å². The molecular weight excluding hydrogens is 376 g/mol. The van der Waals surface area contributed by atoms with Crippen LogP contribution in [0.25, 0.3) is 6.08 Å². The molecule has 0 saturated carbocycles. The number of ether oxygens (including phenoxy) is 1. The minimum Gasteiger partial charge on any atom is -0.495 e. The van der Waals surface area contributed by atoms with Crippen LogP contribution in [0.4, 0.5) is 0 Å². The van der Waals surface area contributed by atoms with Crippen LogP contribution < -0.4 is 9.46 Å². The summed E-state index contributed by atoms with van der Waals surface area (Å²) in [5.74, 6) is 0.0684. The van der Waals surface area contributed by atoms with Gasteiger partial charge in [0.05, 0.1) is 7.11 Å². The van der Waals surface area contributed by atoms with E-state index in [1.54, 1.807) is 30.2 Å². The Balaban J connectivity index is 2.13. The molecule has 1 amide bonds. The normalized spacial score (nSPS) is 11.6. The summed E-state index contributed by atoms with van der Waals surface area (Å²) in [7, 11) is 0.802. The van der Waals surface area contributed by atoms with E-state index in [1.165, 1.54) is 31.9 Å². The average molecular weight is 403 g/mol. The van der Waals surface area contributed by atoms with E-state index in [4.69, 9.17) is 4.74 Å². The first-order chi connectivity index (χ1) is 13.3. The quantitative estimate of drug-likeness (QED) is 0.689. The van der Waals surface area contributed by atoms with Crippen molar-refractivity contribution in [1.82, 2.24) is 9.62 Å². The smallest absolute Gasteiger partial charge is 0.246 e. The second-order valence-corrected chi connectivity index (χ2v) is 8.17. The summed E-state index contributed by atoms with van der Waals surface area (Å²) in [4.78, 5) is 14.0. The Morgan fingerprint density at radius 3 is 2.36 bits per heavy atom. The monoisotopic (exact) mass is 402 g/mol. The standard InChI is InChI=1S/C21H26N2O4S/c1-5-16-6-8-18(9-7-16)15-23(3)21(24)13-11-17-10-12-19(27-4)20(14-17)28(25,26)22-2/h6-14,22H,5,15H2,1-4H3/b13-11+. The summed E-state index contributed by atoms with van der Waals surface area (Å²) in [5.41, 5.74) is 2.89. The highest BCUT2D eigenvalue weighted by atomic mass is 32.2. The number of amides is 1. The molecule has 0 aliphatic carbocycles. The van der Waals surface area contributed by atoms with Gasteiger partial charge in [0.1, 0.15) is 10.6 Å². The molecule has 6 nitrogen and oxygen atoms in total. The second kappa shape index (κ2) is 9.52. The number of hydrogen-bond donors (Lipinski definition) is 1. The molecule has 2 aromatic rings. The molecule has 0 bridgehead atoms. The summed E-state index contributed by atoms with van der Waals surface area (Å²) in [6.45, 7) is 2.59. The number of sulfonamides is 1. The molecule has 0 aliphatic heterocycles. The Bertz CT molecular complexity index is 951. The van der Waals surface area contributed by atoms with Crippen LogP contribution >= 0.6 is 0 Å². The van der Waals surface area contributed by atoms with Gasteiger partial charge in [0.25, 0.3) is 0 Å². The van der Waals surface area contributed by atoms with Gasteiger partial charge in [-0.1, -0.05) is 37.3 Å². The predicted molar refractivity (Wildman–Crippen MR) is 111 cm³/mol. The van der Waals surface area contributed by atoms with Gasteiger partial charge in [-0.05, 0) is 48.4 Å². The third kappa shape index (κ3) is 5.43. The van der Waals surface area contributed by atoms with Crippen molar-refractivity contribution in [2.45, 2.75) is 24.8 Å². The zero-order valence-corrected chi connectivity index (χ0v) is 17.4. The first-order valence-corrected chi connectivity index (χ1v) is 10.4. The highest BCUT2D eigenvalue weighted by Crippen LogP contribution is 2.25. The lowest BCUT2D eigenvalue weighted by Crippen LogP contribution is -2.24. The van der Waals surface area contributed by atoms with E-state index in [1.807, 2.05) is 12.1 Å². The van der Waals surface area contributed by atoms with E-state index in [0.29, 0.717) is 12.1 Å². The molecule has 150 valence electrons. The third-order valence-electron chi connectivity index (χ3n) is 4.39. The summed E-state index contributed by atoms with van der Waals surface area (Å²) >= 11 is 0. The van der Waals surface area contributed by atoms with Crippen LogP contribution in [0.15, 0.2) is 53.4 Å². The van der Waals surface area contributed by atoms with Gasteiger partial charge in [-0.25, -0.2) is 13.1 Å². The van der Waals surface area contributed by atoms with Gasteiger partial charge in [0.2, 0.25) is 15.9 Å². The van der Waals surface area contributed by atoms with Gasteiger partial charge >= 0.3 is 0 Å². The van der Waals surface area contributed by atoms with Gasteiger partial charge < -0.3 is 9.64 Å². The average Bonchev–Trinajstić information content (AvgIpc) is 2.72. The molecule has 0 aromatic heterocycles. The summed E-state index contributed by atoms with van der Waals surface area (Å²) in [6.07, 6.45) is 4.00. The highest BCUT2D eigenvalue weighted by Gasteiger charge is 2.17. The summed E-state index contributed by atoms with van der Waals surface area (Å²) < 4.78 is 31.7. The van der Waals surface area contributed by atoms with Crippen molar-refractivity contribution in [3.05, 3.63) is 65.2 Å². The highest BCUT2D eigenvalue weighted by molar-refractivity contribution is 7.89. The number of methoxy groups -OCH3 is 1. The number of benzene rings is 2.